The first kappa shape index (κ1) is 15.9. The molecule has 106 valence electrons. The molecule has 0 aromatic heterocycles. The van der Waals surface area contributed by atoms with E-state index in [0.717, 1.165) is 11.1 Å². The van der Waals surface area contributed by atoms with Crippen molar-refractivity contribution in [3.05, 3.63) is 65.0 Å². The Bertz CT molecular complexity index is 565. The maximum Gasteiger partial charge on any atom is 0.156 e. The van der Waals surface area contributed by atoms with E-state index in [2.05, 4.69) is 0 Å². The van der Waals surface area contributed by atoms with Crippen LogP contribution in [-0.4, -0.2) is 6.29 Å². The van der Waals surface area contributed by atoms with Gasteiger partial charge in [0.15, 0.2) is 6.29 Å². The maximum atomic E-state index is 13.3. The normalized spacial score (nSPS) is 9.40. The van der Waals surface area contributed by atoms with Crippen molar-refractivity contribution in [2.75, 3.05) is 0 Å². The summed E-state index contributed by atoms with van der Waals surface area (Å²) in [4.78, 5) is 10.8. The van der Waals surface area contributed by atoms with Crippen molar-refractivity contribution in [1.82, 2.24) is 0 Å². The summed E-state index contributed by atoms with van der Waals surface area (Å²) in [7, 11) is 0. The standard InChI is InChI=1S/C15H13FO2.C2H6/c1-11-5-2-3-6-12(11)10-18-15-8-4-7-14(16)13(15)9-17;1-2/h2-9H,10H2,1H3;1-2H3. The van der Waals surface area contributed by atoms with Crippen LogP contribution in [-0.2, 0) is 6.61 Å². The largest absolute Gasteiger partial charge is 0.488 e. The van der Waals surface area contributed by atoms with Gasteiger partial charge in [0.2, 0.25) is 0 Å². The molecule has 2 rings (SSSR count). The first-order chi connectivity index (χ1) is 9.72. The molecule has 0 amide bonds. The number of carbonyl (C=O) groups is 1. The van der Waals surface area contributed by atoms with Crippen molar-refractivity contribution in [3.8, 4) is 5.75 Å². The molecule has 0 aliphatic rings. The minimum absolute atomic E-state index is 0.0360. The summed E-state index contributed by atoms with van der Waals surface area (Å²) in [5, 5.41) is 0. The highest BCUT2D eigenvalue weighted by atomic mass is 19.1. The number of ether oxygens (including phenoxy) is 1. The van der Waals surface area contributed by atoms with Crippen LogP contribution in [0.15, 0.2) is 42.5 Å². The molecular weight excluding hydrogens is 255 g/mol. The first-order valence-electron chi connectivity index (χ1n) is 6.63. The molecule has 20 heavy (non-hydrogen) atoms. The molecule has 2 aromatic carbocycles. The van der Waals surface area contributed by atoms with E-state index in [0.29, 0.717) is 12.9 Å². The average molecular weight is 274 g/mol. The fourth-order valence-electron chi connectivity index (χ4n) is 1.69. The molecule has 0 fully saturated rings. The van der Waals surface area contributed by atoms with Gasteiger partial charge in [0.25, 0.3) is 0 Å². The lowest BCUT2D eigenvalue weighted by molar-refractivity contribution is 0.111. The second-order valence-electron chi connectivity index (χ2n) is 3.98. The van der Waals surface area contributed by atoms with Crippen molar-refractivity contribution < 1.29 is 13.9 Å². The lowest BCUT2D eigenvalue weighted by Gasteiger charge is -2.10. The fraction of sp³-hybridized carbons (Fsp3) is 0.235. The predicted molar refractivity (Wildman–Crippen MR) is 78.6 cm³/mol. The second kappa shape index (κ2) is 8.10. The highest BCUT2D eigenvalue weighted by molar-refractivity contribution is 5.79. The molecule has 0 bridgehead atoms. The van der Waals surface area contributed by atoms with Crippen LogP contribution in [0.2, 0.25) is 0 Å². The van der Waals surface area contributed by atoms with Gasteiger partial charge < -0.3 is 4.74 Å². The van der Waals surface area contributed by atoms with Crippen LogP contribution in [0, 0.1) is 12.7 Å². The van der Waals surface area contributed by atoms with Crippen molar-refractivity contribution >= 4 is 6.29 Å². The Balaban J connectivity index is 0.000000956. The fourth-order valence-corrected chi connectivity index (χ4v) is 1.69. The Morgan fingerprint density at radius 2 is 1.80 bits per heavy atom. The summed E-state index contributed by atoms with van der Waals surface area (Å²) in [6.45, 7) is 6.29. The number of aldehydes is 1. The third-order valence-electron chi connectivity index (χ3n) is 2.78. The lowest BCUT2D eigenvalue weighted by Crippen LogP contribution is -2.01. The van der Waals surface area contributed by atoms with Crippen LogP contribution < -0.4 is 4.74 Å². The third-order valence-corrected chi connectivity index (χ3v) is 2.78. The molecule has 0 N–H and O–H groups in total. The van der Waals surface area contributed by atoms with Gasteiger partial charge in [0.1, 0.15) is 18.2 Å². The van der Waals surface area contributed by atoms with Gasteiger partial charge in [-0.25, -0.2) is 4.39 Å². The van der Waals surface area contributed by atoms with Gasteiger partial charge in [-0.1, -0.05) is 44.2 Å². The van der Waals surface area contributed by atoms with E-state index in [-0.39, 0.29) is 11.3 Å². The highest BCUT2D eigenvalue weighted by Crippen LogP contribution is 2.21. The zero-order chi connectivity index (χ0) is 15.0. The van der Waals surface area contributed by atoms with E-state index in [1.54, 1.807) is 6.07 Å². The molecule has 0 aliphatic heterocycles. The van der Waals surface area contributed by atoms with E-state index in [4.69, 9.17) is 4.74 Å². The molecule has 0 saturated carbocycles. The molecule has 0 unspecified atom stereocenters. The van der Waals surface area contributed by atoms with E-state index in [9.17, 15) is 9.18 Å². The van der Waals surface area contributed by atoms with Crippen LogP contribution in [0.5, 0.6) is 5.75 Å². The Morgan fingerprint density at radius 3 is 2.45 bits per heavy atom. The summed E-state index contributed by atoms with van der Waals surface area (Å²) in [5.41, 5.74) is 2.08. The Kier molecular flexibility index (Phi) is 6.44. The monoisotopic (exact) mass is 274 g/mol. The van der Waals surface area contributed by atoms with Crippen LogP contribution >= 0.6 is 0 Å². The molecule has 3 heteroatoms. The zero-order valence-electron chi connectivity index (χ0n) is 12.0. The van der Waals surface area contributed by atoms with Crippen LogP contribution in [0.3, 0.4) is 0 Å². The Labute approximate surface area is 119 Å². The molecule has 0 spiro atoms. The van der Waals surface area contributed by atoms with Gasteiger partial charge in [-0.2, -0.15) is 0 Å². The number of carbonyl (C=O) groups excluding carboxylic acids is 1. The number of hydrogen-bond donors (Lipinski definition) is 0. The Morgan fingerprint density at radius 1 is 1.10 bits per heavy atom. The topological polar surface area (TPSA) is 26.3 Å². The highest BCUT2D eigenvalue weighted by Gasteiger charge is 2.08. The van der Waals surface area contributed by atoms with Crippen molar-refractivity contribution in [3.63, 3.8) is 0 Å². The van der Waals surface area contributed by atoms with E-state index < -0.39 is 5.82 Å². The van der Waals surface area contributed by atoms with E-state index >= 15 is 0 Å². The summed E-state index contributed by atoms with van der Waals surface area (Å²) >= 11 is 0. The summed E-state index contributed by atoms with van der Waals surface area (Å²) in [5.74, 6) is -0.291. The lowest BCUT2D eigenvalue weighted by atomic mass is 10.1. The van der Waals surface area contributed by atoms with Crippen molar-refractivity contribution in [2.45, 2.75) is 27.4 Å². The minimum atomic E-state index is -0.563. The number of rotatable bonds is 4. The van der Waals surface area contributed by atoms with Gasteiger partial charge in [0, 0.05) is 0 Å². The van der Waals surface area contributed by atoms with Crippen LogP contribution in [0.1, 0.15) is 35.3 Å². The average Bonchev–Trinajstić information content (AvgIpc) is 2.48. The summed E-state index contributed by atoms with van der Waals surface area (Å²) in [6.07, 6.45) is 0.475. The summed E-state index contributed by atoms with van der Waals surface area (Å²) < 4.78 is 18.8. The molecule has 0 radical (unpaired) electrons. The SMILES string of the molecule is CC.Cc1ccccc1COc1cccc(F)c1C=O. The first-order valence-corrected chi connectivity index (χ1v) is 6.63. The minimum Gasteiger partial charge on any atom is -0.488 e. The van der Waals surface area contributed by atoms with Crippen molar-refractivity contribution in [2.24, 2.45) is 0 Å². The van der Waals surface area contributed by atoms with Crippen LogP contribution in [0.25, 0.3) is 0 Å². The molecule has 2 nitrogen and oxygen atoms in total. The third kappa shape index (κ3) is 3.92. The van der Waals surface area contributed by atoms with E-state index in [1.807, 2.05) is 45.0 Å². The summed E-state index contributed by atoms with van der Waals surface area (Å²) in [6, 6.07) is 12.1. The molecule has 0 saturated heterocycles. The molecule has 0 heterocycles. The van der Waals surface area contributed by atoms with Gasteiger partial charge in [-0.3, -0.25) is 4.79 Å². The quantitative estimate of drug-likeness (QED) is 0.764. The van der Waals surface area contributed by atoms with Crippen LogP contribution in [0.4, 0.5) is 4.39 Å². The van der Waals surface area contributed by atoms with Gasteiger partial charge in [-0.05, 0) is 30.2 Å². The van der Waals surface area contributed by atoms with E-state index in [1.165, 1.54) is 12.1 Å². The number of hydrogen-bond acceptors (Lipinski definition) is 2. The second-order valence-corrected chi connectivity index (χ2v) is 3.98. The predicted octanol–water partition coefficient (Wildman–Crippen LogP) is 4.55. The molecular formula is C17H19FO2. The number of halogens is 1. The Hall–Kier alpha value is -2.16. The van der Waals surface area contributed by atoms with Gasteiger partial charge in [0.05, 0.1) is 5.56 Å². The zero-order valence-corrected chi connectivity index (χ0v) is 12.0. The number of benzene rings is 2. The van der Waals surface area contributed by atoms with Gasteiger partial charge >= 0.3 is 0 Å². The molecule has 0 aliphatic carbocycles. The smallest absolute Gasteiger partial charge is 0.156 e. The molecule has 2 aromatic rings. The maximum absolute atomic E-state index is 13.3. The number of aryl methyl sites for hydroxylation is 1. The van der Waals surface area contributed by atoms with Crippen molar-refractivity contribution in [1.29, 1.82) is 0 Å². The van der Waals surface area contributed by atoms with Gasteiger partial charge in [-0.15, -0.1) is 0 Å². The molecule has 0 atom stereocenters.